The fourth-order valence-corrected chi connectivity index (χ4v) is 8.96. The Morgan fingerprint density at radius 1 is 1.23 bits per heavy atom. The Hall–Kier alpha value is -1.69. The maximum Gasteiger partial charge on any atom is 0.411 e. The number of thiazole rings is 1. The molecular formula is C23H32N3O3PS. The van der Waals surface area contributed by atoms with Gasteiger partial charge in [0.1, 0.15) is 7.14 Å². The molecule has 1 aromatic carbocycles. The Morgan fingerprint density at radius 3 is 2.61 bits per heavy atom. The molecule has 6 nitrogen and oxygen atoms in total. The van der Waals surface area contributed by atoms with E-state index in [2.05, 4.69) is 5.32 Å². The predicted octanol–water partition coefficient (Wildman–Crippen LogP) is 5.53. The third-order valence-electron chi connectivity index (χ3n) is 6.22. The number of nitrogens with two attached hydrogens (primary N) is 1. The molecule has 0 spiro atoms. The molecule has 31 heavy (non-hydrogen) atoms. The minimum atomic E-state index is -2.48. The van der Waals surface area contributed by atoms with Gasteiger partial charge in [-0.25, -0.2) is 9.78 Å². The number of rotatable bonds is 5. The predicted molar refractivity (Wildman–Crippen MR) is 128 cm³/mol. The van der Waals surface area contributed by atoms with Crippen LogP contribution in [0.25, 0.3) is 10.4 Å². The maximum atomic E-state index is 13.8. The SMILES string of the molecule is CC(C)OC(=O)Nc1ccc(-c2cnc([C@H]3CC[C@H](N)CC3)s2)c(P2(=O)CCCC2)c1. The summed E-state index contributed by atoms with van der Waals surface area (Å²) in [6.07, 6.45) is 8.93. The number of carbonyl (C=O) groups is 1. The van der Waals surface area contributed by atoms with Crippen molar-refractivity contribution < 1.29 is 14.1 Å². The Morgan fingerprint density at radius 2 is 1.94 bits per heavy atom. The fourth-order valence-electron chi connectivity index (χ4n) is 4.57. The smallest absolute Gasteiger partial charge is 0.411 e. The Balaban J connectivity index is 1.64. The first-order valence-corrected chi connectivity index (χ1v) is 14.2. The van der Waals surface area contributed by atoms with E-state index in [1.165, 1.54) is 0 Å². The molecular weight excluding hydrogens is 429 g/mol. The van der Waals surface area contributed by atoms with Gasteiger partial charge in [-0.2, -0.15) is 0 Å². The van der Waals surface area contributed by atoms with Crippen LogP contribution in [0.15, 0.2) is 24.4 Å². The topological polar surface area (TPSA) is 94.3 Å². The van der Waals surface area contributed by atoms with Crippen LogP contribution in [-0.4, -0.2) is 35.5 Å². The number of carbonyl (C=O) groups excluding carboxylic acids is 1. The lowest BCUT2D eigenvalue weighted by Crippen LogP contribution is -2.25. The fraction of sp³-hybridized carbons (Fsp3) is 0.565. The van der Waals surface area contributed by atoms with Crippen molar-refractivity contribution >= 4 is 35.6 Å². The average Bonchev–Trinajstić information content (AvgIpc) is 3.38. The quantitative estimate of drug-likeness (QED) is 0.571. The van der Waals surface area contributed by atoms with Gasteiger partial charge in [-0.05, 0) is 64.5 Å². The van der Waals surface area contributed by atoms with Gasteiger partial charge in [0.05, 0.1) is 16.0 Å². The minimum Gasteiger partial charge on any atom is -0.447 e. The van der Waals surface area contributed by atoms with Crippen LogP contribution in [0.3, 0.4) is 0 Å². The van der Waals surface area contributed by atoms with E-state index in [1.54, 1.807) is 11.3 Å². The second-order valence-corrected chi connectivity index (χ2v) is 13.2. The summed E-state index contributed by atoms with van der Waals surface area (Å²) < 4.78 is 19.0. The largest absolute Gasteiger partial charge is 0.447 e. The van der Waals surface area contributed by atoms with Gasteiger partial charge in [-0.3, -0.25) is 5.32 Å². The molecule has 2 heterocycles. The van der Waals surface area contributed by atoms with Crippen molar-refractivity contribution in [3.8, 4) is 10.4 Å². The lowest BCUT2D eigenvalue weighted by molar-refractivity contribution is 0.130. The molecule has 8 heteroatoms. The van der Waals surface area contributed by atoms with Crippen LogP contribution < -0.4 is 16.4 Å². The van der Waals surface area contributed by atoms with Crippen molar-refractivity contribution in [2.75, 3.05) is 17.6 Å². The molecule has 1 saturated carbocycles. The molecule has 1 aliphatic carbocycles. The molecule has 0 radical (unpaired) electrons. The van der Waals surface area contributed by atoms with E-state index in [4.69, 9.17) is 15.5 Å². The molecule has 2 aromatic rings. The second kappa shape index (κ2) is 9.43. The number of amides is 1. The average molecular weight is 462 g/mol. The summed E-state index contributed by atoms with van der Waals surface area (Å²) in [5, 5.41) is 4.81. The molecule has 0 atom stereocenters. The number of ether oxygens (including phenoxy) is 1. The van der Waals surface area contributed by atoms with E-state index in [0.717, 1.165) is 71.6 Å². The number of benzene rings is 1. The zero-order valence-corrected chi connectivity index (χ0v) is 20.0. The van der Waals surface area contributed by atoms with Gasteiger partial charge >= 0.3 is 6.09 Å². The van der Waals surface area contributed by atoms with Gasteiger partial charge in [0.25, 0.3) is 0 Å². The summed E-state index contributed by atoms with van der Waals surface area (Å²) in [5.41, 5.74) is 7.68. The number of hydrogen-bond donors (Lipinski definition) is 2. The van der Waals surface area contributed by atoms with E-state index in [0.29, 0.717) is 17.6 Å². The van der Waals surface area contributed by atoms with E-state index < -0.39 is 13.2 Å². The third-order valence-corrected chi connectivity index (χ3v) is 10.7. The lowest BCUT2D eigenvalue weighted by Gasteiger charge is -2.24. The number of nitrogens with zero attached hydrogens (tertiary/aromatic N) is 1. The Kier molecular flexibility index (Phi) is 6.85. The number of hydrogen-bond acceptors (Lipinski definition) is 6. The zero-order valence-electron chi connectivity index (χ0n) is 18.3. The van der Waals surface area contributed by atoms with Crippen LogP contribution in [0.4, 0.5) is 10.5 Å². The highest BCUT2D eigenvalue weighted by molar-refractivity contribution is 7.72. The summed E-state index contributed by atoms with van der Waals surface area (Å²) in [6.45, 7) is 3.62. The summed E-state index contributed by atoms with van der Waals surface area (Å²) in [7, 11) is -2.48. The lowest BCUT2D eigenvalue weighted by atomic mass is 9.87. The van der Waals surface area contributed by atoms with Crippen molar-refractivity contribution in [3.63, 3.8) is 0 Å². The molecule has 168 valence electrons. The molecule has 1 saturated heterocycles. The molecule has 3 N–H and O–H groups in total. The van der Waals surface area contributed by atoms with E-state index in [-0.39, 0.29) is 6.10 Å². The first-order valence-electron chi connectivity index (χ1n) is 11.3. The first kappa shape index (κ1) is 22.5. The number of nitrogens with one attached hydrogen (secondary N) is 1. The molecule has 2 fully saturated rings. The van der Waals surface area contributed by atoms with Gasteiger partial charge in [-0.15, -0.1) is 11.3 Å². The number of aromatic nitrogens is 1. The summed E-state index contributed by atoms with van der Waals surface area (Å²) >= 11 is 1.71. The normalized spacial score (nSPS) is 23.1. The van der Waals surface area contributed by atoms with E-state index in [1.807, 2.05) is 38.2 Å². The van der Waals surface area contributed by atoms with Crippen LogP contribution >= 0.6 is 18.5 Å². The Bertz CT molecular complexity index is 972. The van der Waals surface area contributed by atoms with Crippen molar-refractivity contribution in [1.29, 1.82) is 0 Å². The molecule has 2 aliphatic rings. The summed E-state index contributed by atoms with van der Waals surface area (Å²) in [4.78, 5) is 17.9. The van der Waals surface area contributed by atoms with Crippen LogP contribution in [0.1, 0.15) is 63.3 Å². The van der Waals surface area contributed by atoms with Gasteiger partial charge in [0, 0.05) is 47.0 Å². The standard InChI is InChI=1S/C23H32N3O3PS/c1-15(2)29-23(27)26-18-9-10-19(20(13-18)30(28)11-3-4-12-30)21-14-25-22(31-21)16-5-7-17(24)8-6-16/h9-10,13-17H,3-8,11-12,24H2,1-2H3,(H,26,27)/t16-,17-. The van der Waals surface area contributed by atoms with Gasteiger partial charge in [0.15, 0.2) is 0 Å². The molecule has 1 aliphatic heterocycles. The van der Waals surface area contributed by atoms with Crippen molar-refractivity contribution in [1.82, 2.24) is 4.98 Å². The first-order chi connectivity index (χ1) is 14.8. The van der Waals surface area contributed by atoms with Gasteiger partial charge in [0.2, 0.25) is 0 Å². The highest BCUT2D eigenvalue weighted by atomic mass is 32.1. The van der Waals surface area contributed by atoms with Crippen molar-refractivity contribution in [2.45, 2.75) is 70.4 Å². The highest BCUT2D eigenvalue weighted by Gasteiger charge is 2.32. The van der Waals surface area contributed by atoms with Crippen LogP contribution in [0.2, 0.25) is 0 Å². The molecule has 1 aromatic heterocycles. The summed E-state index contributed by atoms with van der Waals surface area (Å²) in [6, 6.07) is 6.05. The van der Waals surface area contributed by atoms with Crippen molar-refractivity contribution in [2.24, 2.45) is 5.73 Å². The molecule has 0 unspecified atom stereocenters. The Labute approximate surface area is 188 Å². The zero-order chi connectivity index (χ0) is 22.0. The third kappa shape index (κ3) is 5.21. The van der Waals surface area contributed by atoms with Crippen LogP contribution in [0, 0.1) is 0 Å². The monoisotopic (exact) mass is 461 g/mol. The molecule has 0 bridgehead atoms. The van der Waals surface area contributed by atoms with Gasteiger partial charge < -0.3 is 15.0 Å². The number of anilines is 1. The minimum absolute atomic E-state index is 0.197. The van der Waals surface area contributed by atoms with Gasteiger partial charge in [-0.1, -0.05) is 6.07 Å². The summed E-state index contributed by atoms with van der Waals surface area (Å²) in [5.74, 6) is 0.469. The molecule has 4 rings (SSSR count). The maximum absolute atomic E-state index is 13.8. The molecule has 1 amide bonds. The van der Waals surface area contributed by atoms with Crippen LogP contribution in [-0.2, 0) is 9.30 Å². The highest BCUT2D eigenvalue weighted by Crippen LogP contribution is 2.53. The second-order valence-electron chi connectivity index (χ2n) is 9.03. The van der Waals surface area contributed by atoms with E-state index in [9.17, 15) is 9.36 Å². The van der Waals surface area contributed by atoms with Crippen LogP contribution in [0.5, 0.6) is 0 Å². The van der Waals surface area contributed by atoms with Crippen molar-refractivity contribution in [3.05, 3.63) is 29.4 Å². The van der Waals surface area contributed by atoms with E-state index >= 15 is 0 Å².